The van der Waals surface area contributed by atoms with Crippen LogP contribution in [0.5, 0.6) is 0 Å². The molecule has 99 heavy (non-hydrogen) atoms. The molecular formula is C87H58F6N4O2. The van der Waals surface area contributed by atoms with E-state index in [0.717, 1.165) is 104 Å². The monoisotopic (exact) mass is 1300 g/mol. The van der Waals surface area contributed by atoms with Crippen molar-refractivity contribution in [1.82, 2.24) is 18.3 Å². The third kappa shape index (κ3) is 8.26. The topological polar surface area (TPSA) is 46.0 Å². The Bertz CT molecular complexity index is 6530. The summed E-state index contributed by atoms with van der Waals surface area (Å²) in [5.74, 6) is 0. The van der Waals surface area contributed by atoms with Gasteiger partial charge in [0.1, 0.15) is 22.3 Å². The lowest BCUT2D eigenvalue weighted by molar-refractivity contribution is -0.137. The van der Waals surface area contributed by atoms with Crippen LogP contribution < -0.4 is 0 Å². The number of aromatic nitrogens is 4. The Morgan fingerprint density at radius 1 is 0.303 bits per heavy atom. The second-order valence-electron chi connectivity index (χ2n) is 27.1. The van der Waals surface area contributed by atoms with Crippen molar-refractivity contribution in [1.29, 1.82) is 0 Å². The van der Waals surface area contributed by atoms with E-state index >= 15 is 26.3 Å². The van der Waals surface area contributed by atoms with Crippen molar-refractivity contribution in [2.24, 2.45) is 0 Å². The zero-order chi connectivity index (χ0) is 67.2. The van der Waals surface area contributed by atoms with Crippen molar-refractivity contribution >= 4 is 131 Å². The fraction of sp³-hybridized carbons (Fsp3) is 0.103. The number of hydrogen-bond donors (Lipinski definition) is 0. The number of alkyl halides is 6. The van der Waals surface area contributed by atoms with Gasteiger partial charge in [-0.25, -0.2) is 0 Å². The highest BCUT2D eigenvalue weighted by atomic mass is 19.4. The lowest BCUT2D eigenvalue weighted by Crippen LogP contribution is -2.35. The third-order valence-electron chi connectivity index (χ3n) is 21.1. The molecule has 6 heterocycles. The Labute approximate surface area is 561 Å². The van der Waals surface area contributed by atoms with E-state index in [0.29, 0.717) is 55.6 Å². The highest BCUT2D eigenvalue weighted by Gasteiger charge is 2.47. The standard InChI is InChI=1S/C87H58F6N4O2/c1-84(2,96-67-39-19-7-25-50(67)51-26-8-20-40-68(51)96)79-62(49-94-65-37-17-11-33-60(65)76-71(94)47-45-56-54-29-13-23-43-73(54)98-82(56)76)75(58-31-5-15-35-63(58)86(88,89)90)80(85(3,4)97-69-41-21-9-27-52(69)53-28-10-22-42-70(53)97)78(59-32-6-16-36-64(59)87(91,92)93)81(79)95-66-38-18-12-34-61(66)77-72(95)48-46-57-55-30-14-24-44-74(55)99-83(57)77/h5-48H,49H2,1-4H3. The third-order valence-corrected chi connectivity index (χ3v) is 21.1. The summed E-state index contributed by atoms with van der Waals surface area (Å²) in [5, 5.41) is 10.2. The molecule has 12 heteroatoms. The molecule has 0 fully saturated rings. The van der Waals surface area contributed by atoms with Crippen LogP contribution in [0, 0.1) is 0 Å². The van der Waals surface area contributed by atoms with Gasteiger partial charge in [-0.05, 0) is 140 Å². The fourth-order valence-electron chi connectivity index (χ4n) is 17.3. The van der Waals surface area contributed by atoms with Gasteiger partial charge in [-0.15, -0.1) is 0 Å². The number of furan rings is 2. The Morgan fingerprint density at radius 3 is 1.13 bits per heavy atom. The quantitative estimate of drug-likeness (QED) is 0.135. The summed E-state index contributed by atoms with van der Waals surface area (Å²) < 4.78 is 126. The lowest BCUT2D eigenvalue weighted by Gasteiger charge is -2.42. The molecular weight excluding hydrogens is 1250 g/mol. The molecule has 0 amide bonds. The molecule has 0 N–H and O–H groups in total. The average Bonchev–Trinajstić information content (AvgIpc) is 1.44. The van der Waals surface area contributed by atoms with E-state index in [4.69, 9.17) is 8.83 Å². The highest BCUT2D eigenvalue weighted by molar-refractivity contribution is 6.26. The van der Waals surface area contributed by atoms with Crippen LogP contribution in [-0.4, -0.2) is 18.3 Å². The normalized spacial score (nSPS) is 13.0. The number of para-hydroxylation sites is 8. The molecule has 0 aliphatic carbocycles. The number of hydrogen-bond acceptors (Lipinski definition) is 2. The maximum atomic E-state index is 17.3. The van der Waals surface area contributed by atoms with E-state index in [1.807, 2.05) is 190 Å². The molecule has 0 atom stereocenters. The summed E-state index contributed by atoms with van der Waals surface area (Å²) in [6.45, 7) is 7.98. The molecule has 0 unspecified atom stereocenters. The van der Waals surface area contributed by atoms with Gasteiger partial charge in [-0.3, -0.25) is 0 Å². The van der Waals surface area contributed by atoms with Gasteiger partial charge in [0.25, 0.3) is 0 Å². The van der Waals surface area contributed by atoms with E-state index < -0.39 is 34.6 Å². The lowest BCUT2D eigenvalue weighted by atomic mass is 9.71. The summed E-state index contributed by atoms with van der Waals surface area (Å²) in [6.07, 6.45) is -10.0. The predicted octanol–water partition coefficient (Wildman–Crippen LogP) is 24.9. The second kappa shape index (κ2) is 20.9. The van der Waals surface area contributed by atoms with Gasteiger partial charge in [-0.2, -0.15) is 26.3 Å². The first-order valence-electron chi connectivity index (χ1n) is 33.2. The van der Waals surface area contributed by atoms with Crippen LogP contribution in [0.4, 0.5) is 26.3 Å². The van der Waals surface area contributed by atoms with E-state index in [1.165, 1.54) is 24.3 Å². The Hall–Kier alpha value is -11.8. The summed E-state index contributed by atoms with van der Waals surface area (Å²) in [4.78, 5) is 0. The Balaban J connectivity index is 1.13. The molecule has 0 aliphatic rings. The average molecular weight is 1310 g/mol. The van der Waals surface area contributed by atoms with E-state index in [1.54, 1.807) is 12.1 Å². The molecule has 0 saturated heterocycles. The van der Waals surface area contributed by atoms with Crippen molar-refractivity contribution in [3.63, 3.8) is 0 Å². The van der Waals surface area contributed by atoms with Crippen molar-refractivity contribution in [3.05, 3.63) is 295 Å². The van der Waals surface area contributed by atoms with Crippen LogP contribution >= 0.6 is 0 Å². The minimum Gasteiger partial charge on any atom is -0.455 e. The molecule has 6 nitrogen and oxygen atoms in total. The number of fused-ring (bicyclic) bond motifs is 20. The summed E-state index contributed by atoms with van der Waals surface area (Å²) in [5.41, 5.74) is 4.69. The minimum atomic E-state index is -5.01. The van der Waals surface area contributed by atoms with Gasteiger partial charge in [0, 0.05) is 99.1 Å². The minimum absolute atomic E-state index is 0.0907. The van der Waals surface area contributed by atoms with E-state index in [9.17, 15) is 0 Å². The molecule has 0 bridgehead atoms. The Morgan fingerprint density at radius 2 is 0.657 bits per heavy atom. The maximum Gasteiger partial charge on any atom is 0.417 e. The van der Waals surface area contributed by atoms with E-state index in [2.05, 4.69) is 74.6 Å². The Kier molecular flexibility index (Phi) is 12.4. The molecule has 480 valence electrons. The zero-order valence-electron chi connectivity index (χ0n) is 54.0. The molecule has 0 radical (unpaired) electrons. The van der Waals surface area contributed by atoms with Crippen molar-refractivity contribution in [2.75, 3.05) is 0 Å². The van der Waals surface area contributed by atoms with Gasteiger partial charge >= 0.3 is 12.4 Å². The van der Waals surface area contributed by atoms with Gasteiger partial charge in [-0.1, -0.05) is 182 Å². The van der Waals surface area contributed by atoms with Crippen LogP contribution in [0.25, 0.3) is 159 Å². The fourth-order valence-corrected chi connectivity index (χ4v) is 17.3. The summed E-state index contributed by atoms with van der Waals surface area (Å²) in [7, 11) is 0. The molecule has 0 spiro atoms. The SMILES string of the molecule is CC(C)(c1c(-c2ccccc2C(F)(F)F)c(Cn2c3ccccc3c3c4oc5ccccc5c4ccc32)c(C(C)(C)n2c3ccccc3c3ccccc32)c(-n2c3ccccc3c3c4oc5ccccc5c4ccc32)c1-c1ccccc1C(F)(F)F)n1c2ccccc2c2ccccc21. The van der Waals surface area contributed by atoms with Gasteiger partial charge in [0.05, 0.1) is 55.2 Å². The first kappa shape index (κ1) is 58.6. The van der Waals surface area contributed by atoms with Crippen LogP contribution in [0.1, 0.15) is 55.5 Å². The largest absolute Gasteiger partial charge is 0.455 e. The summed E-state index contributed by atoms with van der Waals surface area (Å²) in [6, 6.07) is 83.1. The molecule has 13 aromatic carbocycles. The molecule has 0 aliphatic heterocycles. The van der Waals surface area contributed by atoms with Gasteiger partial charge < -0.3 is 27.1 Å². The van der Waals surface area contributed by atoms with Gasteiger partial charge in [0.2, 0.25) is 0 Å². The van der Waals surface area contributed by atoms with Crippen LogP contribution in [0.3, 0.4) is 0 Å². The zero-order valence-corrected chi connectivity index (χ0v) is 54.0. The molecule has 0 saturated carbocycles. The second-order valence-corrected chi connectivity index (χ2v) is 27.1. The van der Waals surface area contributed by atoms with Crippen molar-refractivity contribution < 1.29 is 35.2 Å². The van der Waals surface area contributed by atoms with Crippen LogP contribution in [0.2, 0.25) is 0 Å². The molecule has 6 aromatic heterocycles. The maximum absolute atomic E-state index is 17.3. The summed E-state index contributed by atoms with van der Waals surface area (Å²) >= 11 is 0. The number of halogens is 6. The smallest absolute Gasteiger partial charge is 0.417 e. The molecule has 19 aromatic rings. The first-order chi connectivity index (χ1) is 48.0. The van der Waals surface area contributed by atoms with E-state index in [-0.39, 0.29) is 34.4 Å². The highest BCUT2D eigenvalue weighted by Crippen LogP contribution is 2.58. The first-order valence-corrected chi connectivity index (χ1v) is 33.2. The number of rotatable bonds is 9. The van der Waals surface area contributed by atoms with Crippen molar-refractivity contribution in [2.45, 2.75) is 57.7 Å². The van der Waals surface area contributed by atoms with Gasteiger partial charge in [0.15, 0.2) is 0 Å². The molecule has 19 rings (SSSR count). The van der Waals surface area contributed by atoms with Crippen molar-refractivity contribution in [3.8, 4) is 27.9 Å². The predicted molar refractivity (Wildman–Crippen MR) is 390 cm³/mol. The number of nitrogens with zero attached hydrogens (tertiary/aromatic N) is 4. The van der Waals surface area contributed by atoms with Crippen LogP contribution in [-0.2, 0) is 30.0 Å². The van der Waals surface area contributed by atoms with Crippen LogP contribution in [0.15, 0.2) is 276 Å². The number of benzene rings is 13.